The van der Waals surface area contributed by atoms with Crippen molar-refractivity contribution in [3.63, 3.8) is 0 Å². The van der Waals surface area contributed by atoms with Crippen LogP contribution in [0.1, 0.15) is 109 Å². The summed E-state index contributed by atoms with van der Waals surface area (Å²) < 4.78 is 10.7. The molecule has 0 spiro atoms. The van der Waals surface area contributed by atoms with Crippen LogP contribution in [0.2, 0.25) is 0 Å². The van der Waals surface area contributed by atoms with Gasteiger partial charge >= 0.3 is 6.16 Å². The molecule has 0 bridgehead atoms. The highest BCUT2D eigenvalue weighted by Gasteiger charge is 2.10. The SMILES string of the molecule is CCCCCCCCCCc1ccccc1OC(=O)OCCCCCCCC. The van der Waals surface area contributed by atoms with Crippen molar-refractivity contribution >= 4 is 6.16 Å². The lowest BCUT2D eigenvalue weighted by atomic mass is 10.0. The zero-order valence-electron chi connectivity index (χ0n) is 18.3. The normalized spacial score (nSPS) is 10.8. The predicted molar refractivity (Wildman–Crippen MR) is 118 cm³/mol. The molecule has 0 unspecified atom stereocenters. The minimum atomic E-state index is -0.572. The highest BCUT2D eigenvalue weighted by Crippen LogP contribution is 2.21. The largest absolute Gasteiger partial charge is 0.513 e. The van der Waals surface area contributed by atoms with E-state index < -0.39 is 6.16 Å². The summed E-state index contributed by atoms with van der Waals surface area (Å²) in [6, 6.07) is 7.84. The van der Waals surface area contributed by atoms with E-state index in [4.69, 9.17) is 9.47 Å². The van der Waals surface area contributed by atoms with Crippen molar-refractivity contribution in [3.8, 4) is 5.75 Å². The Bertz CT molecular complexity index is 498. The summed E-state index contributed by atoms with van der Waals surface area (Å²) in [7, 11) is 0. The lowest BCUT2D eigenvalue weighted by Crippen LogP contribution is -2.12. The summed E-state index contributed by atoms with van der Waals surface area (Å²) in [5, 5.41) is 0. The summed E-state index contributed by atoms with van der Waals surface area (Å²) in [5.74, 6) is 0.651. The number of rotatable bonds is 17. The third kappa shape index (κ3) is 12.8. The van der Waals surface area contributed by atoms with Crippen molar-refractivity contribution in [2.45, 2.75) is 110 Å². The van der Waals surface area contributed by atoms with Gasteiger partial charge in [0.05, 0.1) is 6.61 Å². The Kier molecular flexibility index (Phi) is 15.4. The molecule has 3 nitrogen and oxygen atoms in total. The number of hydrogen-bond donors (Lipinski definition) is 0. The molecule has 0 fully saturated rings. The van der Waals surface area contributed by atoms with Crippen LogP contribution >= 0.6 is 0 Å². The standard InChI is InChI=1S/C25H42O3/c1-3-5-7-9-11-12-13-15-19-23-20-16-17-21-24(23)28-25(26)27-22-18-14-10-8-6-4-2/h16-17,20-21H,3-15,18-19,22H2,1-2H3. The zero-order valence-corrected chi connectivity index (χ0v) is 18.3. The maximum absolute atomic E-state index is 12.0. The van der Waals surface area contributed by atoms with E-state index in [1.807, 2.05) is 18.2 Å². The Hall–Kier alpha value is -1.51. The zero-order chi connectivity index (χ0) is 20.3. The first-order valence-electron chi connectivity index (χ1n) is 11.7. The van der Waals surface area contributed by atoms with Gasteiger partial charge in [-0.3, -0.25) is 0 Å². The lowest BCUT2D eigenvalue weighted by molar-refractivity contribution is 0.0969. The van der Waals surface area contributed by atoms with Crippen LogP contribution < -0.4 is 4.74 Å². The molecule has 0 aromatic heterocycles. The molecule has 28 heavy (non-hydrogen) atoms. The van der Waals surface area contributed by atoms with Crippen molar-refractivity contribution in [2.24, 2.45) is 0 Å². The molecule has 160 valence electrons. The van der Waals surface area contributed by atoms with Gasteiger partial charge in [-0.15, -0.1) is 0 Å². The number of unbranched alkanes of at least 4 members (excludes halogenated alkanes) is 12. The minimum Gasteiger partial charge on any atom is -0.434 e. The first kappa shape index (κ1) is 24.5. The fourth-order valence-corrected chi connectivity index (χ4v) is 3.42. The van der Waals surface area contributed by atoms with Gasteiger partial charge in [0.15, 0.2) is 0 Å². The highest BCUT2D eigenvalue weighted by molar-refractivity contribution is 5.64. The molecule has 0 radical (unpaired) electrons. The van der Waals surface area contributed by atoms with E-state index in [9.17, 15) is 4.79 Å². The molecule has 0 saturated carbocycles. The molecule has 0 atom stereocenters. The van der Waals surface area contributed by atoms with Crippen molar-refractivity contribution in [1.82, 2.24) is 0 Å². The minimum absolute atomic E-state index is 0.450. The van der Waals surface area contributed by atoms with Crippen LogP contribution in [0.4, 0.5) is 4.79 Å². The number of carbonyl (C=O) groups is 1. The summed E-state index contributed by atoms with van der Waals surface area (Å²) >= 11 is 0. The van der Waals surface area contributed by atoms with E-state index >= 15 is 0 Å². The van der Waals surface area contributed by atoms with Gasteiger partial charge in [0.2, 0.25) is 0 Å². The van der Waals surface area contributed by atoms with Crippen molar-refractivity contribution in [3.05, 3.63) is 29.8 Å². The number of benzene rings is 1. The Morgan fingerprint density at radius 3 is 1.89 bits per heavy atom. The van der Waals surface area contributed by atoms with E-state index in [1.54, 1.807) is 0 Å². The van der Waals surface area contributed by atoms with Crippen molar-refractivity contribution in [2.75, 3.05) is 6.61 Å². The topological polar surface area (TPSA) is 35.5 Å². The van der Waals surface area contributed by atoms with Crippen LogP contribution in [0, 0.1) is 0 Å². The van der Waals surface area contributed by atoms with Gasteiger partial charge in [0.1, 0.15) is 5.75 Å². The lowest BCUT2D eigenvalue weighted by Gasteiger charge is -2.10. The third-order valence-electron chi connectivity index (χ3n) is 5.18. The highest BCUT2D eigenvalue weighted by atomic mass is 16.7. The summed E-state index contributed by atoms with van der Waals surface area (Å²) in [4.78, 5) is 12.0. The van der Waals surface area contributed by atoms with Gasteiger partial charge < -0.3 is 9.47 Å². The Morgan fingerprint density at radius 1 is 0.714 bits per heavy atom. The molecule has 0 aliphatic rings. The molecule has 0 heterocycles. The first-order chi connectivity index (χ1) is 13.8. The Morgan fingerprint density at radius 2 is 1.25 bits per heavy atom. The van der Waals surface area contributed by atoms with Crippen LogP contribution in [0.5, 0.6) is 5.75 Å². The molecule has 0 amide bonds. The maximum atomic E-state index is 12.0. The van der Waals surface area contributed by atoms with Crippen LogP contribution in [0.3, 0.4) is 0 Å². The van der Waals surface area contributed by atoms with Gasteiger partial charge in [-0.2, -0.15) is 0 Å². The van der Waals surface area contributed by atoms with E-state index in [1.165, 1.54) is 70.6 Å². The number of para-hydroxylation sites is 1. The van der Waals surface area contributed by atoms with Crippen LogP contribution in [-0.2, 0) is 11.2 Å². The number of carbonyl (C=O) groups excluding carboxylic acids is 1. The Balaban J connectivity index is 2.19. The van der Waals surface area contributed by atoms with E-state index in [0.29, 0.717) is 12.4 Å². The van der Waals surface area contributed by atoms with Crippen molar-refractivity contribution < 1.29 is 14.3 Å². The molecule has 0 aliphatic carbocycles. The van der Waals surface area contributed by atoms with Crippen LogP contribution in [-0.4, -0.2) is 12.8 Å². The number of hydrogen-bond acceptors (Lipinski definition) is 3. The van der Waals surface area contributed by atoms with Gasteiger partial charge in [0.25, 0.3) is 0 Å². The Labute approximate surface area is 173 Å². The van der Waals surface area contributed by atoms with E-state index in [0.717, 1.165) is 31.2 Å². The monoisotopic (exact) mass is 390 g/mol. The summed E-state index contributed by atoms with van der Waals surface area (Å²) in [6.45, 7) is 4.92. The fourth-order valence-electron chi connectivity index (χ4n) is 3.42. The van der Waals surface area contributed by atoms with E-state index in [2.05, 4.69) is 19.9 Å². The predicted octanol–water partition coefficient (Wildman–Crippen LogP) is 8.25. The maximum Gasteiger partial charge on any atom is 0.513 e. The summed E-state index contributed by atoms with van der Waals surface area (Å²) in [5.41, 5.74) is 1.10. The third-order valence-corrected chi connectivity index (χ3v) is 5.18. The second-order valence-corrected chi connectivity index (χ2v) is 7.80. The molecule has 0 saturated heterocycles. The van der Waals surface area contributed by atoms with E-state index in [-0.39, 0.29) is 0 Å². The van der Waals surface area contributed by atoms with Crippen molar-refractivity contribution in [1.29, 1.82) is 0 Å². The van der Waals surface area contributed by atoms with Gasteiger partial charge in [-0.1, -0.05) is 109 Å². The number of ether oxygens (including phenoxy) is 2. The van der Waals surface area contributed by atoms with Gasteiger partial charge in [-0.25, -0.2) is 4.79 Å². The van der Waals surface area contributed by atoms with Gasteiger partial charge in [-0.05, 0) is 30.9 Å². The average molecular weight is 391 g/mol. The van der Waals surface area contributed by atoms with Crippen LogP contribution in [0.25, 0.3) is 0 Å². The quantitative estimate of drug-likeness (QED) is 0.153. The van der Waals surface area contributed by atoms with Crippen LogP contribution in [0.15, 0.2) is 24.3 Å². The second kappa shape index (κ2) is 17.6. The molecule has 1 aromatic rings. The molecular weight excluding hydrogens is 348 g/mol. The smallest absolute Gasteiger partial charge is 0.434 e. The molecule has 3 heteroatoms. The molecular formula is C25H42O3. The molecule has 0 N–H and O–H groups in total. The molecule has 1 aromatic carbocycles. The average Bonchev–Trinajstić information content (AvgIpc) is 2.70. The molecule has 0 aliphatic heterocycles. The summed E-state index contributed by atoms with van der Waals surface area (Å²) in [6.07, 6.45) is 17.8. The van der Waals surface area contributed by atoms with Gasteiger partial charge in [0, 0.05) is 0 Å². The fraction of sp³-hybridized carbons (Fsp3) is 0.720. The second-order valence-electron chi connectivity index (χ2n) is 7.80. The molecule has 1 rings (SSSR count). The first-order valence-corrected chi connectivity index (χ1v) is 11.7. The number of aryl methyl sites for hydroxylation is 1.